The molecule has 2 heterocycles. The van der Waals surface area contributed by atoms with Crippen molar-refractivity contribution < 1.29 is 9.15 Å². The fourth-order valence-corrected chi connectivity index (χ4v) is 3.24. The number of benzene rings is 1. The summed E-state index contributed by atoms with van der Waals surface area (Å²) in [5.74, 6) is 3.51. The molecule has 1 aliphatic rings. The zero-order chi connectivity index (χ0) is 19.2. The average Bonchev–Trinajstić information content (AvgIpc) is 2.98. The minimum Gasteiger partial charge on any atom is -0.497 e. The number of anilines is 1. The summed E-state index contributed by atoms with van der Waals surface area (Å²) >= 11 is 0. The third kappa shape index (κ3) is 5.47. The molecular weight excluding hydrogens is 342 g/mol. The number of rotatable bonds is 6. The number of hydrogen-bond donors (Lipinski definition) is 2. The van der Waals surface area contributed by atoms with Crippen molar-refractivity contribution >= 4 is 11.6 Å². The number of nitrogens with two attached hydrogens (primary N) is 1. The highest BCUT2D eigenvalue weighted by atomic mass is 16.5. The van der Waals surface area contributed by atoms with Gasteiger partial charge in [-0.25, -0.2) is 4.98 Å². The lowest BCUT2D eigenvalue weighted by atomic mass is 9.97. The van der Waals surface area contributed by atoms with Crippen LogP contribution in [-0.2, 0) is 6.54 Å². The lowest BCUT2D eigenvalue weighted by Gasteiger charge is -2.30. The second-order valence-electron chi connectivity index (χ2n) is 7.05. The van der Waals surface area contributed by atoms with Gasteiger partial charge in [-0.15, -0.1) is 0 Å². The zero-order valence-corrected chi connectivity index (χ0v) is 16.4. The van der Waals surface area contributed by atoms with Crippen molar-refractivity contribution in [1.82, 2.24) is 9.88 Å². The molecular formula is C20H29N5O2. The van der Waals surface area contributed by atoms with Crippen LogP contribution in [0.2, 0.25) is 0 Å². The number of nitrogens with zero attached hydrogens (tertiary/aromatic N) is 3. The summed E-state index contributed by atoms with van der Waals surface area (Å²) < 4.78 is 10.9. The Labute approximate surface area is 160 Å². The molecule has 0 bridgehead atoms. The van der Waals surface area contributed by atoms with Crippen molar-refractivity contribution in [3.8, 4) is 5.75 Å². The largest absolute Gasteiger partial charge is 0.497 e. The zero-order valence-electron chi connectivity index (χ0n) is 16.4. The van der Waals surface area contributed by atoms with Gasteiger partial charge < -0.3 is 20.2 Å². The van der Waals surface area contributed by atoms with E-state index in [0.717, 1.165) is 67.8 Å². The molecule has 2 aromatic rings. The highest BCUT2D eigenvalue weighted by molar-refractivity contribution is 5.92. The molecule has 0 saturated carbocycles. The highest BCUT2D eigenvalue weighted by Gasteiger charge is 2.20. The van der Waals surface area contributed by atoms with Gasteiger partial charge in [-0.2, -0.15) is 0 Å². The average molecular weight is 371 g/mol. The van der Waals surface area contributed by atoms with Crippen LogP contribution in [0, 0.1) is 19.8 Å². The molecule has 27 heavy (non-hydrogen) atoms. The fourth-order valence-electron chi connectivity index (χ4n) is 3.24. The van der Waals surface area contributed by atoms with Gasteiger partial charge in [0, 0.05) is 18.3 Å². The Morgan fingerprint density at radius 3 is 2.81 bits per heavy atom. The molecule has 146 valence electrons. The van der Waals surface area contributed by atoms with Crippen molar-refractivity contribution in [3.63, 3.8) is 0 Å². The van der Waals surface area contributed by atoms with Gasteiger partial charge in [-0.3, -0.25) is 9.89 Å². The van der Waals surface area contributed by atoms with E-state index in [4.69, 9.17) is 14.9 Å². The van der Waals surface area contributed by atoms with E-state index in [0.29, 0.717) is 11.9 Å². The maximum Gasteiger partial charge on any atom is 0.208 e. The predicted octanol–water partition coefficient (Wildman–Crippen LogP) is 2.94. The number of oxazole rings is 1. The molecule has 0 atom stereocenters. The van der Waals surface area contributed by atoms with Crippen LogP contribution in [0.25, 0.3) is 0 Å². The third-order valence-electron chi connectivity index (χ3n) is 5.00. The SMILES string of the molecule is COc1cccc(NC(N)=NCC2CCN(Cc3nc(C)c(C)o3)CC2)c1. The molecule has 1 aliphatic heterocycles. The number of nitrogens with one attached hydrogen (secondary N) is 1. The van der Waals surface area contributed by atoms with Crippen LogP contribution >= 0.6 is 0 Å². The Balaban J connectivity index is 1.43. The number of aromatic nitrogens is 1. The van der Waals surface area contributed by atoms with Gasteiger partial charge in [0.1, 0.15) is 11.5 Å². The molecule has 0 amide bonds. The second-order valence-corrected chi connectivity index (χ2v) is 7.05. The molecule has 3 rings (SSSR count). The van der Waals surface area contributed by atoms with Gasteiger partial charge in [0.2, 0.25) is 5.89 Å². The summed E-state index contributed by atoms with van der Waals surface area (Å²) in [5, 5.41) is 3.12. The molecule has 1 fully saturated rings. The maximum atomic E-state index is 6.03. The van der Waals surface area contributed by atoms with E-state index in [1.807, 2.05) is 38.1 Å². The number of ether oxygens (including phenoxy) is 1. The number of methoxy groups -OCH3 is 1. The van der Waals surface area contributed by atoms with Crippen molar-refractivity contribution in [3.05, 3.63) is 41.6 Å². The number of likely N-dealkylation sites (tertiary alicyclic amines) is 1. The van der Waals surface area contributed by atoms with Crippen LogP contribution in [-0.4, -0.2) is 42.6 Å². The Hall–Kier alpha value is -2.54. The first-order valence-electron chi connectivity index (χ1n) is 9.39. The van der Waals surface area contributed by atoms with Crippen molar-refractivity contribution in [2.75, 3.05) is 32.1 Å². The van der Waals surface area contributed by atoms with Crippen molar-refractivity contribution in [2.45, 2.75) is 33.2 Å². The number of hydrogen-bond acceptors (Lipinski definition) is 5. The van der Waals surface area contributed by atoms with E-state index < -0.39 is 0 Å². The first-order valence-corrected chi connectivity index (χ1v) is 9.39. The molecule has 7 nitrogen and oxygen atoms in total. The van der Waals surface area contributed by atoms with Crippen LogP contribution in [0.4, 0.5) is 5.69 Å². The lowest BCUT2D eigenvalue weighted by Crippen LogP contribution is -2.34. The van der Waals surface area contributed by atoms with Crippen LogP contribution in [0.3, 0.4) is 0 Å². The number of aliphatic imine (C=N–C) groups is 1. The van der Waals surface area contributed by atoms with Crippen molar-refractivity contribution in [2.24, 2.45) is 16.6 Å². The molecule has 0 radical (unpaired) electrons. The van der Waals surface area contributed by atoms with Gasteiger partial charge >= 0.3 is 0 Å². The minimum atomic E-state index is 0.441. The smallest absolute Gasteiger partial charge is 0.208 e. The van der Waals surface area contributed by atoms with Gasteiger partial charge in [-0.05, 0) is 57.8 Å². The molecule has 0 spiro atoms. The fraction of sp³-hybridized carbons (Fsp3) is 0.500. The lowest BCUT2D eigenvalue weighted by molar-refractivity contribution is 0.166. The molecule has 0 aliphatic carbocycles. The summed E-state index contributed by atoms with van der Waals surface area (Å²) in [6.07, 6.45) is 2.21. The molecule has 1 saturated heterocycles. The van der Waals surface area contributed by atoms with Crippen LogP contribution < -0.4 is 15.8 Å². The standard InChI is InChI=1S/C20H29N5O2/c1-14-15(2)27-19(23-14)13-25-9-7-16(8-10-25)12-22-20(21)24-17-5-4-6-18(11-17)26-3/h4-6,11,16H,7-10,12-13H2,1-3H3,(H3,21,22,24). The summed E-state index contributed by atoms with van der Waals surface area (Å²) in [6, 6.07) is 7.65. The maximum absolute atomic E-state index is 6.03. The van der Waals surface area contributed by atoms with E-state index in [1.165, 1.54) is 0 Å². The van der Waals surface area contributed by atoms with E-state index in [2.05, 4.69) is 20.2 Å². The van der Waals surface area contributed by atoms with Crippen LogP contribution in [0.1, 0.15) is 30.2 Å². The van der Waals surface area contributed by atoms with Gasteiger partial charge in [0.05, 0.1) is 19.3 Å². The first-order chi connectivity index (χ1) is 13.0. The normalized spacial score (nSPS) is 16.5. The second kappa shape index (κ2) is 8.90. The topological polar surface area (TPSA) is 88.9 Å². The minimum absolute atomic E-state index is 0.441. The van der Waals surface area contributed by atoms with Crippen molar-refractivity contribution in [1.29, 1.82) is 0 Å². The first kappa shape index (κ1) is 19.2. The van der Waals surface area contributed by atoms with E-state index in [9.17, 15) is 0 Å². The summed E-state index contributed by atoms with van der Waals surface area (Å²) in [6.45, 7) is 7.53. The summed E-state index contributed by atoms with van der Waals surface area (Å²) in [4.78, 5) is 11.4. The Bertz CT molecular complexity index is 759. The number of aryl methyl sites for hydroxylation is 2. The molecule has 3 N–H and O–H groups in total. The van der Waals surface area contributed by atoms with E-state index in [-0.39, 0.29) is 0 Å². The molecule has 0 unspecified atom stereocenters. The van der Waals surface area contributed by atoms with E-state index >= 15 is 0 Å². The Kier molecular flexibility index (Phi) is 6.34. The van der Waals surface area contributed by atoms with Gasteiger partial charge in [-0.1, -0.05) is 6.07 Å². The quantitative estimate of drug-likeness (QED) is 0.599. The third-order valence-corrected chi connectivity index (χ3v) is 5.00. The van der Waals surface area contributed by atoms with Gasteiger partial charge in [0.25, 0.3) is 0 Å². The molecule has 1 aromatic heterocycles. The summed E-state index contributed by atoms with van der Waals surface area (Å²) in [7, 11) is 1.65. The Morgan fingerprint density at radius 2 is 2.15 bits per heavy atom. The van der Waals surface area contributed by atoms with Gasteiger partial charge in [0.15, 0.2) is 5.96 Å². The predicted molar refractivity (Wildman–Crippen MR) is 107 cm³/mol. The molecule has 1 aromatic carbocycles. The number of piperidine rings is 1. The Morgan fingerprint density at radius 1 is 1.37 bits per heavy atom. The highest BCUT2D eigenvalue weighted by Crippen LogP contribution is 2.20. The van der Waals surface area contributed by atoms with E-state index in [1.54, 1.807) is 7.11 Å². The van der Waals surface area contributed by atoms with Crippen LogP contribution in [0.15, 0.2) is 33.7 Å². The summed E-state index contributed by atoms with van der Waals surface area (Å²) in [5.41, 5.74) is 7.88. The van der Waals surface area contributed by atoms with Crippen LogP contribution in [0.5, 0.6) is 5.75 Å². The molecule has 7 heteroatoms. The number of guanidine groups is 1. The monoisotopic (exact) mass is 371 g/mol.